The maximum absolute atomic E-state index is 12.7. The number of carboxylic acid groups (broad SMARTS) is 1. The molecule has 0 aliphatic rings. The molecule has 2 aromatic carbocycles. The third-order valence-corrected chi connectivity index (χ3v) is 13.2. The lowest BCUT2D eigenvalue weighted by Gasteiger charge is -2.14. The maximum Gasteiger partial charge on any atom is 0.326 e. The van der Waals surface area contributed by atoms with Gasteiger partial charge in [-0.3, -0.25) is 33.9 Å². The molecule has 1 atom stereocenters. The SMILES string of the molecule is CCCC(=O)CCCOc1ccc(C(C)=NCC(=O)CCSSc2ccccn2)cc1.CCCOCCOCCOCCCCC(=O)CC[C@@H](NC(=O)c1ccc(NCc2cnc3nc(N)[nH]c(=O)c3n2)cc1)C(=O)O. The number of aromatic amines is 1. The van der Waals surface area contributed by atoms with Crippen molar-refractivity contribution in [1.29, 1.82) is 0 Å². The molecule has 0 aliphatic heterocycles. The first-order chi connectivity index (χ1) is 36.8. The Morgan fingerprint density at radius 2 is 1.45 bits per heavy atom. The molecule has 0 radical (unpaired) electrons. The molecule has 5 aromatic rings. The van der Waals surface area contributed by atoms with Gasteiger partial charge in [0.2, 0.25) is 5.95 Å². The Morgan fingerprint density at radius 3 is 2.14 bits per heavy atom. The first-order valence-corrected chi connectivity index (χ1v) is 27.8. The van der Waals surface area contributed by atoms with E-state index in [1.165, 1.54) is 6.20 Å². The number of hydrogen-bond donors (Lipinski definition) is 5. The van der Waals surface area contributed by atoms with Gasteiger partial charge in [0.05, 0.1) is 58.0 Å². The van der Waals surface area contributed by atoms with E-state index in [2.05, 4.69) is 40.5 Å². The minimum absolute atomic E-state index is 0.00685. The highest BCUT2D eigenvalue weighted by Gasteiger charge is 2.22. The highest BCUT2D eigenvalue weighted by Crippen LogP contribution is 2.29. The number of nitrogens with one attached hydrogen (secondary N) is 3. The molecular formula is C54H71N9O11S2. The number of carboxylic acids is 1. The first-order valence-electron chi connectivity index (χ1n) is 25.5. The van der Waals surface area contributed by atoms with Crippen LogP contribution in [0.2, 0.25) is 0 Å². The van der Waals surface area contributed by atoms with E-state index in [0.717, 1.165) is 53.7 Å². The van der Waals surface area contributed by atoms with Crippen molar-refractivity contribution >= 4 is 79.3 Å². The zero-order valence-electron chi connectivity index (χ0n) is 43.6. The number of nitrogens with zero attached hydrogens (tertiary/aromatic N) is 5. The Balaban J connectivity index is 0.000000352. The fraction of sp³-hybridized carbons (Fsp3) is 0.463. The molecule has 0 spiro atoms. The van der Waals surface area contributed by atoms with Crippen molar-refractivity contribution in [3.63, 3.8) is 0 Å². The summed E-state index contributed by atoms with van der Waals surface area (Å²) in [6.45, 7) is 10.2. The largest absolute Gasteiger partial charge is 0.494 e. The molecule has 22 heteroatoms. The summed E-state index contributed by atoms with van der Waals surface area (Å²) < 4.78 is 21.9. The second-order valence-corrected chi connectivity index (χ2v) is 19.6. The van der Waals surface area contributed by atoms with Gasteiger partial charge < -0.3 is 40.4 Å². The lowest BCUT2D eigenvalue weighted by atomic mass is 10.0. The Hall–Kier alpha value is -6.59. The topological polar surface area (TPSA) is 289 Å². The molecular weight excluding hydrogens is 1010 g/mol. The summed E-state index contributed by atoms with van der Waals surface area (Å²) in [7, 11) is 3.22. The Bertz CT molecular complexity index is 2640. The van der Waals surface area contributed by atoms with Gasteiger partial charge in [-0.2, -0.15) is 4.98 Å². The third-order valence-electron chi connectivity index (χ3n) is 10.9. The van der Waals surface area contributed by atoms with Crippen molar-refractivity contribution < 1.29 is 48.0 Å². The average molecular weight is 1090 g/mol. The molecule has 0 aliphatic carbocycles. The molecule has 410 valence electrons. The fourth-order valence-corrected chi connectivity index (χ4v) is 8.73. The summed E-state index contributed by atoms with van der Waals surface area (Å²) in [5.41, 5.74) is 8.44. The summed E-state index contributed by atoms with van der Waals surface area (Å²) in [6, 6.07) is 18.7. The molecule has 6 N–H and O–H groups in total. The molecule has 20 nitrogen and oxygen atoms in total. The molecule has 0 fully saturated rings. The summed E-state index contributed by atoms with van der Waals surface area (Å²) in [6.07, 6.45) is 9.27. The summed E-state index contributed by atoms with van der Waals surface area (Å²) >= 11 is 0. The number of pyridine rings is 1. The van der Waals surface area contributed by atoms with Crippen LogP contribution in [0.5, 0.6) is 5.75 Å². The summed E-state index contributed by atoms with van der Waals surface area (Å²) in [4.78, 5) is 95.7. The minimum Gasteiger partial charge on any atom is -0.494 e. The Morgan fingerprint density at radius 1 is 0.750 bits per heavy atom. The van der Waals surface area contributed by atoms with Crippen molar-refractivity contribution in [3.05, 3.63) is 106 Å². The monoisotopic (exact) mass is 1090 g/mol. The van der Waals surface area contributed by atoms with Crippen molar-refractivity contribution in [1.82, 2.24) is 30.2 Å². The second-order valence-electron chi connectivity index (χ2n) is 17.2. The number of H-pyrrole nitrogens is 1. The second kappa shape index (κ2) is 36.4. The average Bonchev–Trinajstić information content (AvgIpc) is 3.42. The lowest BCUT2D eigenvalue weighted by molar-refractivity contribution is -0.139. The van der Waals surface area contributed by atoms with Gasteiger partial charge in [-0.1, -0.05) is 30.7 Å². The number of benzene rings is 2. The lowest BCUT2D eigenvalue weighted by Crippen LogP contribution is -2.41. The molecule has 0 saturated heterocycles. The number of unbranched alkanes of at least 4 members (excludes halogenated alkanes) is 1. The van der Waals surface area contributed by atoms with Gasteiger partial charge in [0.1, 0.15) is 28.4 Å². The highest BCUT2D eigenvalue weighted by molar-refractivity contribution is 8.76. The number of aliphatic imine (C=N–C) groups is 1. The zero-order chi connectivity index (χ0) is 54.8. The number of amides is 1. The van der Waals surface area contributed by atoms with Crippen LogP contribution in [0.25, 0.3) is 11.2 Å². The van der Waals surface area contributed by atoms with Crippen LogP contribution in [0.15, 0.2) is 93.9 Å². The number of anilines is 2. The number of ether oxygens (including phenoxy) is 4. The van der Waals surface area contributed by atoms with Gasteiger partial charge in [-0.15, -0.1) is 0 Å². The predicted molar refractivity (Wildman–Crippen MR) is 296 cm³/mol. The number of hydrogen-bond acceptors (Lipinski definition) is 19. The highest BCUT2D eigenvalue weighted by atomic mass is 33.1. The smallest absolute Gasteiger partial charge is 0.326 e. The fourth-order valence-electron chi connectivity index (χ4n) is 6.82. The van der Waals surface area contributed by atoms with Crippen molar-refractivity contribution in [3.8, 4) is 5.75 Å². The van der Waals surface area contributed by atoms with Crippen LogP contribution in [0.3, 0.4) is 0 Å². The van der Waals surface area contributed by atoms with Gasteiger partial charge in [-0.05, 0) is 122 Å². The standard InChI is InChI=1S/C30H41N7O8.C24H30N2O3S2/c1-2-12-43-14-16-45-17-15-44-13-4-3-5-23(38)10-11-24(29(41)42)35-27(39)20-6-8-21(9-7-20)32-18-22-19-33-26-25(34-22)28(40)37-30(31)36-26;1-3-7-21(27)8-6-16-29-23-12-10-20(11-13-23)19(2)26-18-22(28)14-17-30-31-24-9-4-5-15-25-24/h6-9,19,24,32H,2-5,10-18H2,1H3,(H,35,39)(H,41,42)(H3,31,33,36,37,40);4-5,9-13,15H,3,6-8,14,16-18H2,1-2H3/t24-;/m1./s1. The number of fused-ring (bicyclic) bond motifs is 1. The molecule has 76 heavy (non-hydrogen) atoms. The third kappa shape index (κ3) is 25.3. The molecule has 0 bridgehead atoms. The first kappa shape index (κ1) is 62.0. The van der Waals surface area contributed by atoms with Crippen molar-refractivity contribution in [2.45, 2.75) is 109 Å². The van der Waals surface area contributed by atoms with Gasteiger partial charge in [-0.25, -0.2) is 19.7 Å². The Labute approximate surface area is 451 Å². The van der Waals surface area contributed by atoms with E-state index in [0.29, 0.717) is 95.3 Å². The number of rotatable bonds is 37. The number of aliphatic carboxylic acids is 1. The summed E-state index contributed by atoms with van der Waals surface area (Å²) in [5.74, 6) is 0.0534. The summed E-state index contributed by atoms with van der Waals surface area (Å²) in [5, 5.41) is 16.1. The molecule has 0 unspecified atom stereocenters. The van der Waals surface area contributed by atoms with Gasteiger partial charge >= 0.3 is 5.97 Å². The number of carbonyl (C=O) groups is 5. The molecule has 0 saturated carbocycles. The van der Waals surface area contributed by atoms with Crippen LogP contribution in [0.4, 0.5) is 11.6 Å². The number of nitrogen functional groups attached to an aromatic ring is 1. The van der Waals surface area contributed by atoms with E-state index in [1.54, 1.807) is 52.1 Å². The maximum atomic E-state index is 12.7. The number of aromatic nitrogens is 5. The quantitative estimate of drug-likeness (QED) is 0.0143. The van der Waals surface area contributed by atoms with Gasteiger partial charge in [0, 0.05) is 74.2 Å². The van der Waals surface area contributed by atoms with Crippen molar-refractivity contribution in [2.24, 2.45) is 4.99 Å². The minimum atomic E-state index is -1.21. The Kier molecular flexibility index (Phi) is 29.7. The zero-order valence-corrected chi connectivity index (χ0v) is 45.2. The van der Waals surface area contributed by atoms with E-state index >= 15 is 0 Å². The molecule has 3 heterocycles. The van der Waals surface area contributed by atoms with E-state index in [-0.39, 0.29) is 60.2 Å². The van der Waals surface area contributed by atoms with Gasteiger partial charge in [0.15, 0.2) is 16.9 Å². The van der Waals surface area contributed by atoms with E-state index in [4.69, 9.17) is 24.7 Å². The van der Waals surface area contributed by atoms with E-state index in [9.17, 15) is 33.9 Å². The predicted octanol–water partition coefficient (Wildman–Crippen LogP) is 7.89. The molecule has 5 rings (SSSR count). The van der Waals surface area contributed by atoms with Crippen LogP contribution < -0.4 is 26.7 Å². The molecule has 1 amide bonds. The van der Waals surface area contributed by atoms with E-state index < -0.39 is 23.5 Å². The molecule has 3 aromatic heterocycles. The van der Waals surface area contributed by atoms with Crippen LogP contribution in [-0.2, 0) is 39.9 Å². The van der Waals surface area contributed by atoms with Crippen molar-refractivity contribution in [2.75, 3.05) is 69.6 Å². The number of Topliss-reactive ketones (excluding diaryl/α,β-unsaturated/α-hetero) is 3. The number of nitrogens with two attached hydrogens (primary N) is 1. The van der Waals surface area contributed by atoms with Crippen LogP contribution in [0.1, 0.15) is 113 Å². The normalized spacial score (nSPS) is 11.6. The number of carbonyl (C=O) groups excluding carboxylic acids is 4. The van der Waals surface area contributed by atoms with Crippen LogP contribution in [-0.4, -0.2) is 130 Å². The van der Waals surface area contributed by atoms with E-state index in [1.807, 2.05) is 63.2 Å². The number of ketones is 3. The van der Waals surface area contributed by atoms with Gasteiger partial charge in [0.25, 0.3) is 11.5 Å². The van der Waals surface area contributed by atoms with Crippen LogP contribution in [0, 0.1) is 0 Å². The van der Waals surface area contributed by atoms with Crippen LogP contribution >= 0.6 is 21.6 Å².